The Balaban J connectivity index is 2.24. The molecule has 0 radical (unpaired) electrons. The van der Waals surface area contributed by atoms with Crippen LogP contribution in [0.4, 0.5) is 0 Å². The third kappa shape index (κ3) is 5.25. The summed E-state index contributed by atoms with van der Waals surface area (Å²) in [5.74, 6) is 1.48. The molecule has 2 atom stereocenters. The highest BCUT2D eigenvalue weighted by molar-refractivity contribution is 4.79. The fourth-order valence-corrected chi connectivity index (χ4v) is 2.62. The molecule has 3 nitrogen and oxygen atoms in total. The smallest absolute Gasteiger partial charge is 0.0113 e. The van der Waals surface area contributed by atoms with Gasteiger partial charge in [0.2, 0.25) is 0 Å². The molecule has 1 fully saturated rings. The Bertz CT molecular complexity index is 210. The van der Waals surface area contributed by atoms with E-state index in [1.165, 1.54) is 32.7 Å². The highest BCUT2D eigenvalue weighted by atomic mass is 15.3. The maximum Gasteiger partial charge on any atom is 0.0113 e. The maximum atomic E-state index is 3.59. The van der Waals surface area contributed by atoms with Gasteiger partial charge < -0.3 is 10.2 Å². The molecule has 1 aliphatic rings. The summed E-state index contributed by atoms with van der Waals surface area (Å²) in [6.45, 7) is 20.0. The van der Waals surface area contributed by atoms with Gasteiger partial charge in [-0.1, -0.05) is 27.7 Å². The number of hydrogen-bond donors (Lipinski definition) is 1. The van der Waals surface area contributed by atoms with Gasteiger partial charge in [-0.3, -0.25) is 4.90 Å². The van der Waals surface area contributed by atoms with E-state index in [-0.39, 0.29) is 0 Å². The van der Waals surface area contributed by atoms with E-state index < -0.39 is 0 Å². The van der Waals surface area contributed by atoms with Crippen molar-refractivity contribution in [3.63, 3.8) is 0 Å². The first kappa shape index (κ1) is 15.9. The number of nitrogens with one attached hydrogen (secondary N) is 1. The van der Waals surface area contributed by atoms with Crippen LogP contribution in [0.1, 0.15) is 34.6 Å². The Morgan fingerprint density at radius 3 is 2.06 bits per heavy atom. The minimum Gasteiger partial charge on any atom is -0.316 e. The van der Waals surface area contributed by atoms with Crippen molar-refractivity contribution in [2.75, 3.05) is 45.8 Å². The molecule has 2 unspecified atom stereocenters. The molecular weight excluding hydrogens is 222 g/mol. The largest absolute Gasteiger partial charge is 0.316 e. The monoisotopic (exact) mass is 255 g/mol. The summed E-state index contributed by atoms with van der Waals surface area (Å²) in [5.41, 5.74) is 0. The lowest BCUT2D eigenvalue weighted by Crippen LogP contribution is -2.52. The Labute approximate surface area is 114 Å². The van der Waals surface area contributed by atoms with Gasteiger partial charge in [-0.05, 0) is 38.4 Å². The fraction of sp³-hybridized carbons (Fsp3) is 1.00. The van der Waals surface area contributed by atoms with Crippen LogP contribution >= 0.6 is 0 Å². The molecule has 3 heteroatoms. The van der Waals surface area contributed by atoms with Gasteiger partial charge in [0.15, 0.2) is 0 Å². The molecule has 1 N–H and O–H groups in total. The van der Waals surface area contributed by atoms with E-state index in [1.807, 2.05) is 0 Å². The van der Waals surface area contributed by atoms with E-state index >= 15 is 0 Å². The predicted octanol–water partition coefficient (Wildman–Crippen LogP) is 1.89. The summed E-state index contributed by atoms with van der Waals surface area (Å²) < 4.78 is 0. The Hall–Kier alpha value is -0.120. The standard InChI is InChI=1S/C15H33N3/c1-6-17-7-9-18(10-8-17)15(5)14(4)12-16-11-13(2)3/h13-16H,6-12H2,1-5H3. The normalized spacial score (nSPS) is 22.3. The number of likely N-dealkylation sites (N-methyl/N-ethyl adjacent to an activating group) is 1. The molecule has 1 aliphatic heterocycles. The lowest BCUT2D eigenvalue weighted by Gasteiger charge is -2.40. The van der Waals surface area contributed by atoms with E-state index in [9.17, 15) is 0 Å². The van der Waals surface area contributed by atoms with Crippen molar-refractivity contribution in [3.8, 4) is 0 Å². The zero-order chi connectivity index (χ0) is 13.5. The third-order valence-electron chi connectivity index (χ3n) is 4.27. The molecule has 1 saturated heterocycles. The van der Waals surface area contributed by atoms with Gasteiger partial charge in [0.25, 0.3) is 0 Å². The summed E-state index contributed by atoms with van der Waals surface area (Å²) in [6.07, 6.45) is 0. The first-order valence-electron chi connectivity index (χ1n) is 7.71. The molecular formula is C15H33N3. The van der Waals surface area contributed by atoms with E-state index in [0.717, 1.165) is 24.9 Å². The van der Waals surface area contributed by atoms with Crippen LogP contribution in [0.3, 0.4) is 0 Å². The minimum absolute atomic E-state index is 0.698. The zero-order valence-corrected chi connectivity index (χ0v) is 13.1. The van der Waals surface area contributed by atoms with Crippen molar-refractivity contribution >= 4 is 0 Å². The van der Waals surface area contributed by atoms with Crippen LogP contribution in [-0.2, 0) is 0 Å². The van der Waals surface area contributed by atoms with Gasteiger partial charge in [0.05, 0.1) is 0 Å². The SMILES string of the molecule is CCN1CCN(C(C)C(C)CNCC(C)C)CC1. The van der Waals surface area contributed by atoms with Gasteiger partial charge in [-0.2, -0.15) is 0 Å². The molecule has 0 aromatic carbocycles. The number of piperazine rings is 1. The van der Waals surface area contributed by atoms with E-state index in [1.54, 1.807) is 0 Å². The Morgan fingerprint density at radius 1 is 0.944 bits per heavy atom. The van der Waals surface area contributed by atoms with Gasteiger partial charge in [0.1, 0.15) is 0 Å². The van der Waals surface area contributed by atoms with Gasteiger partial charge in [-0.25, -0.2) is 0 Å². The van der Waals surface area contributed by atoms with E-state index in [0.29, 0.717) is 6.04 Å². The van der Waals surface area contributed by atoms with E-state index in [4.69, 9.17) is 0 Å². The van der Waals surface area contributed by atoms with Crippen molar-refractivity contribution in [3.05, 3.63) is 0 Å². The van der Waals surface area contributed by atoms with Crippen LogP contribution in [0.25, 0.3) is 0 Å². The second-order valence-electron chi connectivity index (χ2n) is 6.24. The van der Waals surface area contributed by atoms with Crippen LogP contribution in [0.5, 0.6) is 0 Å². The second kappa shape index (κ2) is 8.13. The summed E-state index contributed by atoms with van der Waals surface area (Å²) in [5, 5.41) is 3.59. The lowest BCUT2D eigenvalue weighted by molar-refractivity contribution is 0.0831. The highest BCUT2D eigenvalue weighted by Gasteiger charge is 2.23. The van der Waals surface area contributed by atoms with Crippen molar-refractivity contribution in [2.45, 2.75) is 40.7 Å². The molecule has 0 saturated carbocycles. The first-order valence-corrected chi connectivity index (χ1v) is 7.71. The Morgan fingerprint density at radius 2 is 1.56 bits per heavy atom. The molecule has 0 spiro atoms. The first-order chi connectivity index (χ1) is 8.54. The molecule has 0 aromatic heterocycles. The molecule has 0 amide bonds. The second-order valence-corrected chi connectivity index (χ2v) is 6.24. The van der Waals surface area contributed by atoms with Gasteiger partial charge in [0, 0.05) is 32.2 Å². The van der Waals surface area contributed by atoms with Crippen molar-refractivity contribution < 1.29 is 0 Å². The maximum absolute atomic E-state index is 3.59. The molecule has 0 aliphatic carbocycles. The third-order valence-corrected chi connectivity index (χ3v) is 4.27. The predicted molar refractivity (Wildman–Crippen MR) is 80.0 cm³/mol. The summed E-state index contributed by atoms with van der Waals surface area (Å²) in [7, 11) is 0. The van der Waals surface area contributed by atoms with Gasteiger partial charge >= 0.3 is 0 Å². The quantitative estimate of drug-likeness (QED) is 0.749. The molecule has 18 heavy (non-hydrogen) atoms. The topological polar surface area (TPSA) is 18.5 Å². The average molecular weight is 255 g/mol. The number of hydrogen-bond acceptors (Lipinski definition) is 3. The molecule has 1 heterocycles. The van der Waals surface area contributed by atoms with Crippen LogP contribution in [0, 0.1) is 11.8 Å². The molecule has 1 rings (SSSR count). The molecule has 0 aromatic rings. The highest BCUT2D eigenvalue weighted by Crippen LogP contribution is 2.13. The average Bonchev–Trinajstić information content (AvgIpc) is 2.37. The van der Waals surface area contributed by atoms with Crippen molar-refractivity contribution in [2.24, 2.45) is 11.8 Å². The molecule has 0 bridgehead atoms. The fourth-order valence-electron chi connectivity index (χ4n) is 2.62. The lowest BCUT2D eigenvalue weighted by atomic mass is 10.0. The van der Waals surface area contributed by atoms with Gasteiger partial charge in [-0.15, -0.1) is 0 Å². The summed E-state index contributed by atoms with van der Waals surface area (Å²) >= 11 is 0. The molecule has 108 valence electrons. The number of nitrogens with zero attached hydrogens (tertiary/aromatic N) is 2. The Kier molecular flexibility index (Phi) is 7.20. The van der Waals surface area contributed by atoms with Crippen molar-refractivity contribution in [1.82, 2.24) is 15.1 Å². The van der Waals surface area contributed by atoms with E-state index in [2.05, 4.69) is 49.7 Å². The number of rotatable bonds is 7. The van der Waals surface area contributed by atoms with Crippen LogP contribution in [-0.4, -0.2) is 61.7 Å². The van der Waals surface area contributed by atoms with Crippen molar-refractivity contribution in [1.29, 1.82) is 0 Å². The van der Waals surface area contributed by atoms with Crippen LogP contribution in [0.2, 0.25) is 0 Å². The van der Waals surface area contributed by atoms with Crippen LogP contribution in [0.15, 0.2) is 0 Å². The minimum atomic E-state index is 0.698. The zero-order valence-electron chi connectivity index (χ0n) is 13.1. The van der Waals surface area contributed by atoms with Crippen LogP contribution < -0.4 is 5.32 Å². The summed E-state index contributed by atoms with van der Waals surface area (Å²) in [6, 6.07) is 0.698. The summed E-state index contributed by atoms with van der Waals surface area (Å²) in [4.78, 5) is 5.21.